The van der Waals surface area contributed by atoms with Gasteiger partial charge in [0.05, 0.1) is 5.56 Å². The maximum absolute atomic E-state index is 12.6. The molecule has 0 radical (unpaired) electrons. The van der Waals surface area contributed by atoms with E-state index in [-0.39, 0.29) is 23.8 Å². The third-order valence-electron chi connectivity index (χ3n) is 5.33. The predicted octanol–water partition coefficient (Wildman–Crippen LogP) is 3.45. The van der Waals surface area contributed by atoms with Gasteiger partial charge in [-0.15, -0.1) is 0 Å². The van der Waals surface area contributed by atoms with E-state index in [0.29, 0.717) is 24.2 Å². The molecule has 1 N–H and O–H groups in total. The van der Waals surface area contributed by atoms with E-state index in [0.717, 1.165) is 17.5 Å². The normalized spacial score (nSPS) is 17.3. The second kappa shape index (κ2) is 7.16. The van der Waals surface area contributed by atoms with Gasteiger partial charge in [-0.25, -0.2) is 0 Å². The molecule has 1 aliphatic heterocycles. The number of benzene rings is 2. The van der Waals surface area contributed by atoms with Crippen LogP contribution in [0, 0.1) is 0 Å². The molecule has 1 atom stereocenters. The first kappa shape index (κ1) is 17.7. The highest BCUT2D eigenvalue weighted by molar-refractivity contribution is 6.47. The molecule has 4 nitrogen and oxygen atoms in total. The molecule has 4 rings (SSSR count). The van der Waals surface area contributed by atoms with E-state index >= 15 is 0 Å². The van der Waals surface area contributed by atoms with Crippen LogP contribution in [0.25, 0.3) is 6.08 Å². The Morgan fingerprint density at radius 1 is 1.22 bits per heavy atom. The van der Waals surface area contributed by atoms with Crippen LogP contribution < -0.4 is 4.65 Å². The average molecular weight is 360 g/mol. The van der Waals surface area contributed by atoms with Crippen molar-refractivity contribution in [3.8, 4) is 5.75 Å². The molecule has 136 valence electrons. The summed E-state index contributed by atoms with van der Waals surface area (Å²) in [6.07, 6.45) is 6.28. The second-order valence-electron chi connectivity index (χ2n) is 7.38. The second-order valence-corrected chi connectivity index (χ2v) is 7.38. The highest BCUT2D eigenvalue weighted by Gasteiger charge is 2.37. The van der Waals surface area contributed by atoms with Crippen molar-refractivity contribution in [2.45, 2.75) is 38.4 Å². The largest absolute Gasteiger partial charge is 0.535 e. The maximum atomic E-state index is 12.6. The lowest BCUT2D eigenvalue weighted by Crippen LogP contribution is -2.36. The van der Waals surface area contributed by atoms with E-state index in [1.54, 1.807) is 6.07 Å². The number of fused-ring (bicyclic) bond motifs is 2. The minimum atomic E-state index is -1.08. The summed E-state index contributed by atoms with van der Waals surface area (Å²) in [5.41, 5.74) is 4.83. The van der Waals surface area contributed by atoms with Crippen molar-refractivity contribution in [2.24, 2.45) is 0 Å². The Kier molecular flexibility index (Phi) is 4.71. The average Bonchev–Trinajstić information content (AvgIpc) is 3.09. The van der Waals surface area contributed by atoms with E-state index in [9.17, 15) is 14.6 Å². The molecule has 1 heterocycles. The van der Waals surface area contributed by atoms with E-state index in [2.05, 4.69) is 24.3 Å². The maximum Gasteiger partial charge on any atom is 0.526 e. The van der Waals surface area contributed by atoms with E-state index in [4.69, 9.17) is 4.65 Å². The summed E-state index contributed by atoms with van der Waals surface area (Å²) in [7, 11) is -1.08. The third-order valence-corrected chi connectivity index (χ3v) is 5.33. The summed E-state index contributed by atoms with van der Waals surface area (Å²) < 4.78 is 5.62. The fraction of sp³-hybridized carbons (Fsp3) is 0.273. The minimum absolute atomic E-state index is 0.0831. The molecule has 0 saturated carbocycles. The van der Waals surface area contributed by atoms with Gasteiger partial charge in [-0.3, -0.25) is 9.59 Å². The summed E-state index contributed by atoms with van der Waals surface area (Å²) in [6.45, 7) is 1.48. The number of carbonyl (C=O) groups excluding carboxylic acids is 2. The highest BCUT2D eigenvalue weighted by atomic mass is 16.5. The summed E-state index contributed by atoms with van der Waals surface area (Å²) in [4.78, 5) is 24.3. The van der Waals surface area contributed by atoms with Gasteiger partial charge in [0.2, 0.25) is 0 Å². The van der Waals surface area contributed by atoms with Crippen LogP contribution in [0.5, 0.6) is 5.75 Å². The zero-order valence-electron chi connectivity index (χ0n) is 15.3. The van der Waals surface area contributed by atoms with Crippen molar-refractivity contribution in [1.29, 1.82) is 0 Å². The quantitative estimate of drug-likeness (QED) is 0.655. The van der Waals surface area contributed by atoms with Crippen molar-refractivity contribution in [2.75, 3.05) is 0 Å². The van der Waals surface area contributed by atoms with Crippen LogP contribution in [-0.4, -0.2) is 23.7 Å². The monoisotopic (exact) mass is 360 g/mol. The topological polar surface area (TPSA) is 63.6 Å². The van der Waals surface area contributed by atoms with Crippen LogP contribution in [-0.2, 0) is 24.1 Å². The van der Waals surface area contributed by atoms with E-state index in [1.807, 2.05) is 18.2 Å². The molecular weight excluding hydrogens is 339 g/mol. The lowest BCUT2D eigenvalue weighted by Gasteiger charge is -2.28. The number of Topliss-reactive ketones (excluding diaryl/α,β-unsaturated/α-hetero) is 2. The standard InChI is InChI=1S/C22H21BO4/c1-14(24)21-7-3-6-18-12-19(23(26)27-22(18)21)13-20(25)11-15-8-9-16-4-2-5-17(16)10-15/h2-4,6-10,19,26H,5,11-13H2,1H3/t19-/m1/s1. The molecule has 1 aliphatic carbocycles. The van der Waals surface area contributed by atoms with Crippen molar-refractivity contribution in [1.82, 2.24) is 0 Å². The Bertz CT molecular complexity index is 947. The van der Waals surface area contributed by atoms with E-state index < -0.39 is 7.12 Å². The highest BCUT2D eigenvalue weighted by Crippen LogP contribution is 2.36. The van der Waals surface area contributed by atoms with Crippen molar-refractivity contribution in [3.05, 3.63) is 70.3 Å². The van der Waals surface area contributed by atoms with Gasteiger partial charge in [-0.05, 0) is 48.1 Å². The summed E-state index contributed by atoms with van der Waals surface area (Å²) >= 11 is 0. The van der Waals surface area contributed by atoms with Crippen LogP contribution in [0.2, 0.25) is 5.82 Å². The van der Waals surface area contributed by atoms with Gasteiger partial charge in [0.15, 0.2) is 5.78 Å². The number of carbonyl (C=O) groups is 2. The number of para-hydroxylation sites is 1. The molecule has 0 fully saturated rings. The number of hydrogen-bond acceptors (Lipinski definition) is 4. The van der Waals surface area contributed by atoms with Gasteiger partial charge in [0, 0.05) is 18.7 Å². The SMILES string of the molecule is CC(=O)c1cccc2c1OB(O)[C@@H](CC(=O)Cc1ccc3c(c1)CC=C3)C2. The fourth-order valence-corrected chi connectivity index (χ4v) is 3.95. The van der Waals surface area contributed by atoms with Gasteiger partial charge in [-0.2, -0.15) is 0 Å². The Labute approximate surface area is 159 Å². The lowest BCUT2D eigenvalue weighted by molar-refractivity contribution is -0.118. The Morgan fingerprint density at radius 3 is 2.89 bits per heavy atom. The molecule has 0 saturated heterocycles. The van der Waals surface area contributed by atoms with E-state index in [1.165, 1.54) is 18.1 Å². The fourth-order valence-electron chi connectivity index (χ4n) is 3.95. The molecule has 0 bridgehead atoms. The van der Waals surface area contributed by atoms with Crippen LogP contribution >= 0.6 is 0 Å². The van der Waals surface area contributed by atoms with Gasteiger partial charge in [0.25, 0.3) is 0 Å². The zero-order valence-corrected chi connectivity index (χ0v) is 15.3. The van der Waals surface area contributed by atoms with Crippen molar-refractivity contribution < 1.29 is 19.3 Å². The summed E-state index contributed by atoms with van der Waals surface area (Å²) in [6, 6.07) is 11.5. The predicted molar refractivity (Wildman–Crippen MR) is 105 cm³/mol. The molecule has 27 heavy (non-hydrogen) atoms. The summed E-state index contributed by atoms with van der Waals surface area (Å²) in [5, 5.41) is 10.4. The van der Waals surface area contributed by atoms with Crippen LogP contribution in [0.1, 0.15) is 46.0 Å². The molecule has 2 aromatic carbocycles. The van der Waals surface area contributed by atoms with Crippen LogP contribution in [0.15, 0.2) is 42.5 Å². The number of hydrogen-bond donors (Lipinski definition) is 1. The number of allylic oxidation sites excluding steroid dienone is 1. The summed E-state index contributed by atoms with van der Waals surface area (Å²) in [5.74, 6) is 0.134. The van der Waals surface area contributed by atoms with Crippen LogP contribution in [0.3, 0.4) is 0 Å². The van der Waals surface area contributed by atoms with Gasteiger partial charge < -0.3 is 9.68 Å². The molecule has 0 unspecified atom stereocenters. The Balaban J connectivity index is 1.44. The first-order valence-electron chi connectivity index (χ1n) is 9.29. The molecule has 2 aliphatic rings. The van der Waals surface area contributed by atoms with Crippen molar-refractivity contribution in [3.63, 3.8) is 0 Å². The smallest absolute Gasteiger partial charge is 0.526 e. The minimum Gasteiger partial charge on any atom is -0.535 e. The lowest BCUT2D eigenvalue weighted by atomic mass is 9.64. The van der Waals surface area contributed by atoms with Crippen LogP contribution in [0.4, 0.5) is 0 Å². The van der Waals surface area contributed by atoms with Crippen molar-refractivity contribution >= 4 is 24.8 Å². The Morgan fingerprint density at radius 2 is 2.07 bits per heavy atom. The number of ketones is 2. The first-order valence-corrected chi connectivity index (χ1v) is 9.29. The van der Waals surface area contributed by atoms with Gasteiger partial charge >= 0.3 is 7.12 Å². The molecule has 0 aromatic heterocycles. The van der Waals surface area contributed by atoms with Gasteiger partial charge in [-0.1, -0.05) is 42.5 Å². The molecule has 5 heteroatoms. The zero-order chi connectivity index (χ0) is 19.0. The molecule has 0 spiro atoms. The van der Waals surface area contributed by atoms with Gasteiger partial charge in [0.1, 0.15) is 11.5 Å². The molecule has 2 aromatic rings. The third kappa shape index (κ3) is 3.60. The number of rotatable bonds is 5. The first-order chi connectivity index (χ1) is 13.0. The molecular formula is C22H21BO4. The Hall–Kier alpha value is -2.66. The molecule has 0 amide bonds.